The minimum Gasteiger partial charge on any atom is -0.359 e. The summed E-state index contributed by atoms with van der Waals surface area (Å²) in [7, 11) is 0. The second-order valence-electron chi connectivity index (χ2n) is 3.94. The van der Waals surface area contributed by atoms with Gasteiger partial charge >= 0.3 is 0 Å². The number of hydrogen-bond acceptors (Lipinski definition) is 1. The first kappa shape index (κ1) is 9.97. The molecule has 78 valence electrons. The number of nitrogens with one attached hydrogen (secondary N) is 1. The number of aromatic nitrogens is 1. The molecule has 0 saturated carbocycles. The van der Waals surface area contributed by atoms with Gasteiger partial charge in [-0.15, -0.1) is 0 Å². The third-order valence-corrected chi connectivity index (χ3v) is 2.85. The van der Waals surface area contributed by atoms with Gasteiger partial charge in [-0.05, 0) is 38.0 Å². The number of aliphatic imine (C=N–C) groups is 1. The molecule has 0 saturated heterocycles. The first-order valence-corrected chi connectivity index (χ1v) is 5.29. The zero-order chi connectivity index (χ0) is 10.7. The van der Waals surface area contributed by atoms with E-state index in [9.17, 15) is 0 Å². The van der Waals surface area contributed by atoms with E-state index < -0.39 is 0 Å². The first-order chi connectivity index (χ1) is 7.29. The Balaban J connectivity index is 2.05. The highest BCUT2D eigenvalue weighted by Crippen LogP contribution is 2.18. The molecule has 2 nitrogen and oxygen atoms in total. The number of nitrogens with zero attached hydrogens (tertiary/aromatic N) is 1. The normalized spacial score (nSPS) is 20.1. The molecule has 1 aromatic rings. The lowest BCUT2D eigenvalue weighted by molar-refractivity contribution is 0.676. The van der Waals surface area contributed by atoms with E-state index >= 15 is 0 Å². The molecule has 0 radical (unpaired) electrons. The molecule has 0 fully saturated rings. The monoisotopic (exact) mass is 200 g/mol. The largest absolute Gasteiger partial charge is 0.359 e. The third kappa shape index (κ3) is 2.27. The van der Waals surface area contributed by atoms with Gasteiger partial charge in [0.2, 0.25) is 0 Å². The van der Waals surface area contributed by atoms with Crippen LogP contribution in [0.4, 0.5) is 0 Å². The van der Waals surface area contributed by atoms with Crippen LogP contribution < -0.4 is 0 Å². The van der Waals surface area contributed by atoms with Gasteiger partial charge < -0.3 is 4.98 Å². The topological polar surface area (TPSA) is 28.1 Å². The molecule has 1 aliphatic heterocycles. The van der Waals surface area contributed by atoms with E-state index in [4.69, 9.17) is 0 Å². The number of aromatic amines is 1. The van der Waals surface area contributed by atoms with Crippen LogP contribution in [-0.2, 0) is 6.42 Å². The Morgan fingerprint density at radius 2 is 2.47 bits per heavy atom. The molecule has 0 spiro atoms. The summed E-state index contributed by atoms with van der Waals surface area (Å²) >= 11 is 0. The highest BCUT2D eigenvalue weighted by Gasteiger charge is 2.14. The van der Waals surface area contributed by atoms with Crippen LogP contribution in [0.25, 0.3) is 6.08 Å². The summed E-state index contributed by atoms with van der Waals surface area (Å²) in [5, 5.41) is 0. The predicted molar refractivity (Wildman–Crippen MR) is 64.9 cm³/mol. The van der Waals surface area contributed by atoms with E-state index in [0.29, 0.717) is 5.92 Å². The average molecular weight is 200 g/mol. The van der Waals surface area contributed by atoms with Crippen molar-refractivity contribution in [2.45, 2.75) is 19.8 Å². The Morgan fingerprint density at radius 3 is 3.13 bits per heavy atom. The average Bonchev–Trinajstić information content (AvgIpc) is 2.69. The number of hydrogen-bond donors (Lipinski definition) is 1. The van der Waals surface area contributed by atoms with Gasteiger partial charge in [0.15, 0.2) is 0 Å². The number of allylic oxidation sites excluding steroid dienone is 1. The van der Waals surface area contributed by atoms with Crippen molar-refractivity contribution >= 4 is 11.8 Å². The Kier molecular flexibility index (Phi) is 2.86. The molecule has 0 amide bonds. The molecule has 2 heterocycles. The Hall–Kier alpha value is -1.57. The zero-order valence-electron chi connectivity index (χ0n) is 9.03. The Bertz CT molecular complexity index is 410. The van der Waals surface area contributed by atoms with Crippen molar-refractivity contribution in [3.8, 4) is 0 Å². The van der Waals surface area contributed by atoms with Gasteiger partial charge in [0.25, 0.3) is 0 Å². The molecule has 15 heavy (non-hydrogen) atoms. The predicted octanol–water partition coefficient (Wildman–Crippen LogP) is 3.19. The molecule has 0 aromatic carbocycles. The quantitative estimate of drug-likeness (QED) is 0.776. The Morgan fingerprint density at radius 1 is 1.60 bits per heavy atom. The number of rotatable bonds is 3. The lowest BCUT2D eigenvalue weighted by atomic mass is 9.93. The second-order valence-corrected chi connectivity index (χ2v) is 3.94. The summed E-state index contributed by atoms with van der Waals surface area (Å²) in [4.78, 5) is 7.67. The maximum absolute atomic E-state index is 4.34. The summed E-state index contributed by atoms with van der Waals surface area (Å²) in [5.41, 5.74) is 3.58. The highest BCUT2D eigenvalue weighted by atomic mass is 14.7. The fourth-order valence-corrected chi connectivity index (χ4v) is 1.87. The smallest absolute Gasteiger partial charge is 0.0376 e. The van der Waals surface area contributed by atoms with Crippen molar-refractivity contribution in [2.75, 3.05) is 0 Å². The van der Waals surface area contributed by atoms with Crippen molar-refractivity contribution in [2.24, 2.45) is 10.9 Å². The van der Waals surface area contributed by atoms with Crippen LogP contribution in [0.3, 0.4) is 0 Å². The zero-order valence-corrected chi connectivity index (χ0v) is 9.03. The van der Waals surface area contributed by atoms with Gasteiger partial charge in [-0.3, -0.25) is 4.99 Å². The summed E-state index contributed by atoms with van der Waals surface area (Å²) in [5.74, 6) is 0.548. The molecule has 2 rings (SSSR count). The molecule has 0 bridgehead atoms. The van der Waals surface area contributed by atoms with Crippen LogP contribution in [0.1, 0.15) is 24.7 Å². The van der Waals surface area contributed by atoms with E-state index in [1.54, 1.807) is 0 Å². The molecule has 2 heteroatoms. The van der Waals surface area contributed by atoms with Crippen LogP contribution in [0.2, 0.25) is 0 Å². The van der Waals surface area contributed by atoms with Crippen LogP contribution in [0.15, 0.2) is 36.0 Å². The van der Waals surface area contributed by atoms with Crippen molar-refractivity contribution < 1.29 is 0 Å². The van der Waals surface area contributed by atoms with Gasteiger partial charge in [-0.1, -0.05) is 12.7 Å². The molecule has 1 atom stereocenters. The fourth-order valence-electron chi connectivity index (χ4n) is 1.87. The SMILES string of the molecule is C=Cc1ccc(CC2CC=CN=C2C)[nH]1. The van der Waals surface area contributed by atoms with E-state index in [1.165, 1.54) is 11.4 Å². The van der Waals surface area contributed by atoms with E-state index in [-0.39, 0.29) is 0 Å². The summed E-state index contributed by atoms with van der Waals surface area (Å²) < 4.78 is 0. The molecule has 1 unspecified atom stereocenters. The third-order valence-electron chi connectivity index (χ3n) is 2.85. The molecule has 1 aromatic heterocycles. The second kappa shape index (κ2) is 4.30. The summed E-state index contributed by atoms with van der Waals surface area (Å²) in [6.07, 6.45) is 8.00. The van der Waals surface area contributed by atoms with Gasteiger partial charge in [0.05, 0.1) is 0 Å². The minimum atomic E-state index is 0.548. The molecule has 1 aliphatic rings. The lowest BCUT2D eigenvalue weighted by Gasteiger charge is -2.16. The summed E-state index contributed by atoms with van der Waals surface area (Å²) in [6, 6.07) is 4.19. The summed E-state index contributed by atoms with van der Waals surface area (Å²) in [6.45, 7) is 5.84. The first-order valence-electron chi connectivity index (χ1n) is 5.29. The van der Waals surface area contributed by atoms with Crippen molar-refractivity contribution in [3.05, 3.63) is 42.4 Å². The highest BCUT2D eigenvalue weighted by molar-refractivity contribution is 5.85. The lowest BCUT2D eigenvalue weighted by Crippen LogP contribution is -2.15. The minimum absolute atomic E-state index is 0.548. The van der Waals surface area contributed by atoms with Gasteiger partial charge in [-0.2, -0.15) is 0 Å². The maximum Gasteiger partial charge on any atom is 0.0376 e. The van der Waals surface area contributed by atoms with Gasteiger partial charge in [0, 0.05) is 29.2 Å². The molecule has 0 aliphatic carbocycles. The van der Waals surface area contributed by atoms with Crippen LogP contribution in [0.5, 0.6) is 0 Å². The van der Waals surface area contributed by atoms with E-state index in [1.807, 2.05) is 12.3 Å². The van der Waals surface area contributed by atoms with Crippen molar-refractivity contribution in [3.63, 3.8) is 0 Å². The molecule has 1 N–H and O–H groups in total. The van der Waals surface area contributed by atoms with Crippen molar-refractivity contribution in [1.82, 2.24) is 4.98 Å². The standard InChI is InChI=1S/C13H16N2/c1-3-12-6-7-13(15-12)9-11-5-4-8-14-10(11)2/h3-4,6-8,11,15H,1,5,9H2,2H3. The van der Waals surface area contributed by atoms with E-state index in [2.05, 4.69) is 41.7 Å². The van der Waals surface area contributed by atoms with Gasteiger partial charge in [-0.25, -0.2) is 0 Å². The van der Waals surface area contributed by atoms with Crippen molar-refractivity contribution in [1.29, 1.82) is 0 Å². The van der Waals surface area contributed by atoms with Gasteiger partial charge in [0.1, 0.15) is 0 Å². The maximum atomic E-state index is 4.34. The number of H-pyrrole nitrogens is 1. The molecular weight excluding hydrogens is 184 g/mol. The van der Waals surface area contributed by atoms with Crippen LogP contribution >= 0.6 is 0 Å². The van der Waals surface area contributed by atoms with Crippen LogP contribution in [-0.4, -0.2) is 10.7 Å². The van der Waals surface area contributed by atoms with E-state index in [0.717, 1.165) is 18.5 Å². The fraction of sp³-hybridized carbons (Fsp3) is 0.308. The Labute approximate surface area is 90.4 Å². The molecular formula is C13H16N2. The van der Waals surface area contributed by atoms with Crippen LogP contribution in [0, 0.1) is 5.92 Å².